The van der Waals surface area contributed by atoms with Crippen molar-refractivity contribution in [2.75, 3.05) is 13.2 Å². The lowest BCUT2D eigenvalue weighted by molar-refractivity contribution is -0.192. The summed E-state index contributed by atoms with van der Waals surface area (Å²) in [5.41, 5.74) is 1.10. The molecule has 1 unspecified atom stereocenters. The van der Waals surface area contributed by atoms with E-state index >= 15 is 0 Å². The minimum Gasteiger partial charge on any atom is -0.475 e. The SMILES string of the molecule is O=C(C1CC=CCC1)N1C[C@@H](OCc2ccncc2)[C@H]2OCCC[C@H]21.O=C(O)C(F)(F)F. The number of amides is 1. The highest BCUT2D eigenvalue weighted by molar-refractivity contribution is 5.80. The third-order valence-corrected chi connectivity index (χ3v) is 5.83. The smallest absolute Gasteiger partial charge is 0.475 e. The number of aliphatic carboxylic acids is 1. The molecule has 1 aromatic rings. The Kier molecular flexibility index (Phi) is 8.25. The summed E-state index contributed by atoms with van der Waals surface area (Å²) in [5, 5.41) is 7.12. The van der Waals surface area contributed by atoms with Crippen molar-refractivity contribution in [2.24, 2.45) is 5.92 Å². The Labute approximate surface area is 184 Å². The third-order valence-electron chi connectivity index (χ3n) is 5.83. The number of hydrogen-bond acceptors (Lipinski definition) is 5. The van der Waals surface area contributed by atoms with E-state index in [1.807, 2.05) is 12.1 Å². The molecule has 176 valence electrons. The van der Waals surface area contributed by atoms with Crippen LogP contribution >= 0.6 is 0 Å². The van der Waals surface area contributed by atoms with Gasteiger partial charge in [0.15, 0.2) is 0 Å². The van der Waals surface area contributed by atoms with Gasteiger partial charge < -0.3 is 19.5 Å². The Balaban J connectivity index is 0.000000360. The number of alkyl halides is 3. The molecular formula is C22H27F3N2O5. The number of halogens is 3. The van der Waals surface area contributed by atoms with E-state index in [9.17, 15) is 18.0 Å². The number of ether oxygens (including phenoxy) is 2. The van der Waals surface area contributed by atoms with E-state index in [2.05, 4.69) is 22.0 Å². The quantitative estimate of drug-likeness (QED) is 0.699. The van der Waals surface area contributed by atoms with Crippen LogP contribution in [0.1, 0.15) is 37.7 Å². The molecule has 32 heavy (non-hydrogen) atoms. The molecule has 1 aliphatic carbocycles. The van der Waals surface area contributed by atoms with Gasteiger partial charge in [-0.2, -0.15) is 13.2 Å². The Morgan fingerprint density at radius 2 is 1.94 bits per heavy atom. The van der Waals surface area contributed by atoms with Crippen molar-refractivity contribution in [3.8, 4) is 0 Å². The molecule has 0 saturated carbocycles. The fourth-order valence-electron chi connectivity index (χ4n) is 4.24. The predicted octanol–water partition coefficient (Wildman–Crippen LogP) is 3.35. The maximum atomic E-state index is 13.0. The molecule has 4 atom stereocenters. The number of carbonyl (C=O) groups is 2. The van der Waals surface area contributed by atoms with Gasteiger partial charge in [-0.15, -0.1) is 0 Å². The highest BCUT2D eigenvalue weighted by Gasteiger charge is 2.47. The molecule has 0 radical (unpaired) electrons. The number of aromatic nitrogens is 1. The first-order valence-electron chi connectivity index (χ1n) is 10.6. The molecule has 1 aromatic heterocycles. The molecule has 2 fully saturated rings. The number of carboxylic acid groups (broad SMARTS) is 1. The first-order chi connectivity index (χ1) is 15.3. The molecule has 1 amide bonds. The Hall–Kier alpha value is -2.46. The van der Waals surface area contributed by atoms with E-state index in [1.165, 1.54) is 0 Å². The number of pyridine rings is 1. The Morgan fingerprint density at radius 3 is 2.56 bits per heavy atom. The van der Waals surface area contributed by atoms with Crippen LogP contribution in [0.2, 0.25) is 0 Å². The van der Waals surface area contributed by atoms with Gasteiger partial charge in [0, 0.05) is 31.5 Å². The van der Waals surface area contributed by atoms with Crippen LogP contribution in [0.25, 0.3) is 0 Å². The number of likely N-dealkylation sites (tertiary alicyclic amines) is 1. The van der Waals surface area contributed by atoms with Gasteiger partial charge in [-0.25, -0.2) is 4.79 Å². The average molecular weight is 456 g/mol. The summed E-state index contributed by atoms with van der Waals surface area (Å²) in [5.74, 6) is -2.33. The van der Waals surface area contributed by atoms with Crippen molar-refractivity contribution in [2.45, 2.75) is 63.1 Å². The first kappa shape index (κ1) is 24.2. The second kappa shape index (κ2) is 10.9. The molecule has 2 saturated heterocycles. The van der Waals surface area contributed by atoms with E-state index in [-0.39, 0.29) is 24.2 Å². The fourth-order valence-corrected chi connectivity index (χ4v) is 4.24. The van der Waals surface area contributed by atoms with Gasteiger partial charge in [-0.3, -0.25) is 9.78 Å². The first-order valence-corrected chi connectivity index (χ1v) is 10.6. The van der Waals surface area contributed by atoms with Crippen LogP contribution < -0.4 is 0 Å². The van der Waals surface area contributed by atoms with Crippen LogP contribution in [0.3, 0.4) is 0 Å². The van der Waals surface area contributed by atoms with Crippen molar-refractivity contribution in [3.05, 3.63) is 42.2 Å². The largest absolute Gasteiger partial charge is 0.490 e. The topological polar surface area (TPSA) is 89.0 Å². The van der Waals surface area contributed by atoms with Gasteiger partial charge >= 0.3 is 12.1 Å². The Morgan fingerprint density at radius 1 is 1.22 bits per heavy atom. The van der Waals surface area contributed by atoms with E-state index < -0.39 is 12.1 Å². The zero-order valence-corrected chi connectivity index (χ0v) is 17.5. The molecule has 3 aliphatic rings. The molecule has 1 N–H and O–H groups in total. The lowest BCUT2D eigenvalue weighted by atomic mass is 9.92. The van der Waals surface area contributed by atoms with E-state index in [0.717, 1.165) is 44.3 Å². The van der Waals surface area contributed by atoms with Gasteiger partial charge in [0.25, 0.3) is 0 Å². The highest BCUT2D eigenvalue weighted by Crippen LogP contribution is 2.34. The minimum atomic E-state index is -5.08. The number of nitrogens with zero attached hydrogens (tertiary/aromatic N) is 2. The number of rotatable bonds is 4. The lowest BCUT2D eigenvalue weighted by Gasteiger charge is -2.34. The molecular weight excluding hydrogens is 429 g/mol. The van der Waals surface area contributed by atoms with Crippen LogP contribution in [0.4, 0.5) is 13.2 Å². The van der Waals surface area contributed by atoms with Gasteiger partial charge in [0.1, 0.15) is 12.2 Å². The Bertz CT molecular complexity index is 803. The zero-order chi connectivity index (χ0) is 23.1. The van der Waals surface area contributed by atoms with E-state index in [1.54, 1.807) is 12.4 Å². The maximum Gasteiger partial charge on any atom is 0.490 e. The van der Waals surface area contributed by atoms with Crippen molar-refractivity contribution in [1.82, 2.24) is 9.88 Å². The van der Waals surface area contributed by atoms with E-state index in [0.29, 0.717) is 19.1 Å². The summed E-state index contributed by atoms with van der Waals surface area (Å²) in [6, 6.07) is 4.10. The average Bonchev–Trinajstić information content (AvgIpc) is 3.17. The van der Waals surface area contributed by atoms with Gasteiger partial charge in [-0.05, 0) is 49.8 Å². The number of allylic oxidation sites excluding steroid dienone is 2. The summed E-state index contributed by atoms with van der Waals surface area (Å²) in [6.07, 6.45) is 7.66. The second-order valence-electron chi connectivity index (χ2n) is 8.02. The van der Waals surface area contributed by atoms with Crippen molar-refractivity contribution in [1.29, 1.82) is 0 Å². The molecule has 0 spiro atoms. The maximum absolute atomic E-state index is 13.0. The van der Waals surface area contributed by atoms with Crippen LogP contribution in [-0.4, -0.2) is 64.4 Å². The molecule has 0 bridgehead atoms. The number of hydrogen-bond donors (Lipinski definition) is 1. The van der Waals surface area contributed by atoms with Crippen LogP contribution in [0.5, 0.6) is 0 Å². The number of fused-ring (bicyclic) bond motifs is 1. The molecule has 3 heterocycles. The van der Waals surface area contributed by atoms with Gasteiger partial charge in [0.2, 0.25) is 5.91 Å². The summed E-state index contributed by atoms with van der Waals surface area (Å²) in [7, 11) is 0. The van der Waals surface area contributed by atoms with Crippen LogP contribution in [0.15, 0.2) is 36.7 Å². The van der Waals surface area contributed by atoms with Crippen molar-refractivity contribution in [3.63, 3.8) is 0 Å². The van der Waals surface area contributed by atoms with Crippen molar-refractivity contribution < 1.29 is 37.3 Å². The van der Waals surface area contributed by atoms with Crippen LogP contribution in [0, 0.1) is 5.92 Å². The minimum absolute atomic E-state index is 0.0127. The molecule has 4 rings (SSSR count). The standard InChI is InChI=1S/C20H26N2O3.C2HF3O2/c23-20(16-5-2-1-3-6-16)22-13-18(19-17(22)7-4-12-24-19)25-14-15-8-10-21-11-9-15;3-2(4,5)1(6)7/h1-2,8-11,16-19H,3-7,12-14H2;(H,6,7)/t16?,17-,18-,19+;/m1./s1. The highest BCUT2D eigenvalue weighted by atomic mass is 19.4. The second-order valence-corrected chi connectivity index (χ2v) is 8.02. The number of carbonyl (C=O) groups excluding carboxylic acids is 1. The third kappa shape index (κ3) is 6.29. The molecule has 0 aromatic carbocycles. The van der Waals surface area contributed by atoms with Crippen molar-refractivity contribution >= 4 is 11.9 Å². The summed E-state index contributed by atoms with van der Waals surface area (Å²) in [6.45, 7) is 1.96. The molecule has 2 aliphatic heterocycles. The summed E-state index contributed by atoms with van der Waals surface area (Å²) in [4.78, 5) is 28.0. The fraction of sp³-hybridized carbons (Fsp3) is 0.591. The normalized spacial score (nSPS) is 27.3. The van der Waals surface area contributed by atoms with Gasteiger partial charge in [0.05, 0.1) is 12.6 Å². The summed E-state index contributed by atoms with van der Waals surface area (Å²) >= 11 is 0. The monoisotopic (exact) mass is 456 g/mol. The lowest BCUT2D eigenvalue weighted by Crippen LogP contribution is -2.45. The van der Waals surface area contributed by atoms with Gasteiger partial charge in [-0.1, -0.05) is 12.2 Å². The molecule has 10 heteroatoms. The predicted molar refractivity (Wildman–Crippen MR) is 107 cm³/mol. The zero-order valence-electron chi connectivity index (χ0n) is 17.5. The van der Waals surface area contributed by atoms with E-state index in [4.69, 9.17) is 19.4 Å². The number of carboxylic acids is 1. The summed E-state index contributed by atoms with van der Waals surface area (Å²) < 4.78 is 43.9. The molecule has 7 nitrogen and oxygen atoms in total. The van der Waals surface area contributed by atoms with Crippen LogP contribution in [-0.2, 0) is 25.7 Å².